The van der Waals surface area contributed by atoms with Crippen molar-refractivity contribution in [2.45, 2.75) is 43.5 Å². The number of nitrogens with one attached hydrogen (secondary N) is 1. The van der Waals surface area contributed by atoms with E-state index >= 15 is 0 Å². The highest BCUT2D eigenvalue weighted by atomic mass is 32.2. The molecule has 0 saturated heterocycles. The van der Waals surface area contributed by atoms with Crippen LogP contribution in [0.2, 0.25) is 0 Å². The van der Waals surface area contributed by atoms with Gasteiger partial charge < -0.3 is 10.4 Å². The largest absolute Gasteiger partial charge is 0.480 e. The van der Waals surface area contributed by atoms with Gasteiger partial charge in [0, 0.05) is 4.90 Å². The maximum absolute atomic E-state index is 13.4. The van der Waals surface area contributed by atoms with Gasteiger partial charge in [0.1, 0.15) is 17.2 Å². The second kappa shape index (κ2) is 8.34. The van der Waals surface area contributed by atoms with E-state index in [9.17, 15) is 18.7 Å². The fourth-order valence-corrected chi connectivity index (χ4v) is 2.78. The van der Waals surface area contributed by atoms with Gasteiger partial charge in [-0.15, -0.1) is 11.8 Å². The predicted molar refractivity (Wildman–Crippen MR) is 80.7 cm³/mol. The van der Waals surface area contributed by atoms with E-state index in [2.05, 4.69) is 5.32 Å². The molecule has 1 aromatic rings. The molecule has 0 heterocycles. The number of rotatable bonds is 9. The molecule has 3 nitrogen and oxygen atoms in total. The molecule has 0 aliphatic heterocycles. The van der Waals surface area contributed by atoms with Gasteiger partial charge in [-0.2, -0.15) is 0 Å². The Balaban J connectivity index is 2.47. The van der Waals surface area contributed by atoms with Crippen molar-refractivity contribution < 1.29 is 18.7 Å². The first-order valence-corrected chi connectivity index (χ1v) is 7.94. The zero-order valence-electron chi connectivity index (χ0n) is 12.3. The molecule has 118 valence electrons. The number of carboxylic acids is 1. The van der Waals surface area contributed by atoms with Gasteiger partial charge in [-0.1, -0.05) is 6.92 Å². The first-order valence-electron chi connectivity index (χ1n) is 6.95. The fourth-order valence-electron chi connectivity index (χ4n) is 1.87. The van der Waals surface area contributed by atoms with Gasteiger partial charge in [-0.3, -0.25) is 4.79 Å². The molecule has 2 N–H and O–H groups in total. The third-order valence-electron chi connectivity index (χ3n) is 3.21. The molecule has 0 spiro atoms. The lowest BCUT2D eigenvalue weighted by Crippen LogP contribution is -2.49. The molecular formula is C15H21F2NO2S. The van der Waals surface area contributed by atoms with Gasteiger partial charge >= 0.3 is 5.97 Å². The lowest BCUT2D eigenvalue weighted by molar-refractivity contribution is -0.144. The Morgan fingerprint density at radius 3 is 2.76 bits per heavy atom. The lowest BCUT2D eigenvalue weighted by Gasteiger charge is -2.26. The van der Waals surface area contributed by atoms with Crippen LogP contribution in [-0.2, 0) is 4.79 Å². The van der Waals surface area contributed by atoms with Crippen molar-refractivity contribution in [3.8, 4) is 0 Å². The molecule has 0 aliphatic rings. The SMILES string of the molecule is CCCNC(C)(CCCSc1cc(F)ccc1F)C(=O)O. The Hall–Kier alpha value is -1.14. The summed E-state index contributed by atoms with van der Waals surface area (Å²) < 4.78 is 26.5. The highest BCUT2D eigenvalue weighted by Crippen LogP contribution is 2.25. The van der Waals surface area contributed by atoms with Gasteiger partial charge in [0.05, 0.1) is 0 Å². The topological polar surface area (TPSA) is 49.3 Å². The van der Waals surface area contributed by atoms with Crippen LogP contribution in [0.25, 0.3) is 0 Å². The number of halogens is 2. The molecule has 0 radical (unpaired) electrons. The fraction of sp³-hybridized carbons (Fsp3) is 0.533. The molecule has 0 saturated carbocycles. The normalized spacial score (nSPS) is 13.9. The van der Waals surface area contributed by atoms with E-state index in [0.29, 0.717) is 25.1 Å². The zero-order chi connectivity index (χ0) is 15.9. The Morgan fingerprint density at radius 2 is 2.14 bits per heavy atom. The molecule has 6 heteroatoms. The number of aliphatic carboxylic acids is 1. The maximum Gasteiger partial charge on any atom is 0.323 e. The smallest absolute Gasteiger partial charge is 0.323 e. The van der Waals surface area contributed by atoms with E-state index in [1.807, 2.05) is 6.92 Å². The number of carbonyl (C=O) groups is 1. The monoisotopic (exact) mass is 317 g/mol. The van der Waals surface area contributed by atoms with E-state index < -0.39 is 23.1 Å². The number of carboxylic acid groups (broad SMARTS) is 1. The van der Waals surface area contributed by atoms with E-state index in [0.717, 1.165) is 24.6 Å². The summed E-state index contributed by atoms with van der Waals surface area (Å²) >= 11 is 1.20. The Morgan fingerprint density at radius 1 is 1.43 bits per heavy atom. The van der Waals surface area contributed by atoms with Crippen molar-refractivity contribution in [3.63, 3.8) is 0 Å². The predicted octanol–water partition coefficient (Wildman–Crippen LogP) is 3.68. The molecule has 1 unspecified atom stereocenters. The van der Waals surface area contributed by atoms with Gasteiger partial charge in [-0.25, -0.2) is 8.78 Å². The molecule has 0 fully saturated rings. The van der Waals surface area contributed by atoms with Crippen LogP contribution in [0.3, 0.4) is 0 Å². The second-order valence-corrected chi connectivity index (χ2v) is 6.23. The quantitative estimate of drug-likeness (QED) is 0.539. The number of hydrogen-bond donors (Lipinski definition) is 2. The standard InChI is InChI=1S/C15H21F2NO2S/c1-3-8-18-15(2,14(19)20)7-4-9-21-13-10-11(16)5-6-12(13)17/h5-6,10,18H,3-4,7-9H2,1-2H3,(H,19,20). The van der Waals surface area contributed by atoms with Crippen molar-refractivity contribution in [1.82, 2.24) is 5.32 Å². The van der Waals surface area contributed by atoms with E-state index in [4.69, 9.17) is 0 Å². The number of hydrogen-bond acceptors (Lipinski definition) is 3. The van der Waals surface area contributed by atoms with Crippen LogP contribution in [0.5, 0.6) is 0 Å². The van der Waals surface area contributed by atoms with Crippen LogP contribution in [0.15, 0.2) is 23.1 Å². The molecule has 0 aromatic heterocycles. The first kappa shape index (κ1) is 17.9. The zero-order valence-corrected chi connectivity index (χ0v) is 13.1. The van der Waals surface area contributed by atoms with Gasteiger partial charge in [0.25, 0.3) is 0 Å². The van der Waals surface area contributed by atoms with E-state index in [-0.39, 0.29) is 4.90 Å². The van der Waals surface area contributed by atoms with Crippen molar-refractivity contribution >= 4 is 17.7 Å². The Bertz CT molecular complexity index is 485. The Kier molecular flexibility index (Phi) is 7.11. The molecule has 21 heavy (non-hydrogen) atoms. The number of thioether (sulfide) groups is 1. The minimum atomic E-state index is -0.975. The summed E-state index contributed by atoms with van der Waals surface area (Å²) in [5, 5.41) is 12.3. The number of benzene rings is 1. The third kappa shape index (κ3) is 5.63. The molecule has 1 rings (SSSR count). The lowest BCUT2D eigenvalue weighted by atomic mass is 9.96. The van der Waals surface area contributed by atoms with Crippen LogP contribution < -0.4 is 5.32 Å². The highest BCUT2D eigenvalue weighted by molar-refractivity contribution is 7.99. The summed E-state index contributed by atoms with van der Waals surface area (Å²) in [6.07, 6.45) is 1.89. The summed E-state index contributed by atoms with van der Waals surface area (Å²) in [7, 11) is 0. The van der Waals surface area contributed by atoms with Crippen molar-refractivity contribution in [3.05, 3.63) is 29.8 Å². The summed E-state index contributed by atoms with van der Waals surface area (Å²) in [5.74, 6) is -1.28. The maximum atomic E-state index is 13.4. The molecular weight excluding hydrogens is 296 g/mol. The first-order chi connectivity index (χ1) is 9.89. The van der Waals surface area contributed by atoms with Crippen molar-refractivity contribution in [1.29, 1.82) is 0 Å². The van der Waals surface area contributed by atoms with Crippen LogP contribution in [0.1, 0.15) is 33.1 Å². The molecule has 1 atom stereocenters. The minimum Gasteiger partial charge on any atom is -0.480 e. The van der Waals surface area contributed by atoms with Crippen LogP contribution in [-0.4, -0.2) is 28.9 Å². The second-order valence-electron chi connectivity index (χ2n) is 5.09. The van der Waals surface area contributed by atoms with Gasteiger partial charge in [0.2, 0.25) is 0 Å². The van der Waals surface area contributed by atoms with Crippen molar-refractivity contribution in [2.75, 3.05) is 12.3 Å². The molecule has 0 bridgehead atoms. The van der Waals surface area contributed by atoms with Crippen LogP contribution >= 0.6 is 11.8 Å². The average molecular weight is 317 g/mol. The molecule has 1 aromatic carbocycles. The average Bonchev–Trinajstić information content (AvgIpc) is 2.44. The Labute approximate surface area is 128 Å². The van der Waals surface area contributed by atoms with Crippen LogP contribution in [0, 0.1) is 11.6 Å². The van der Waals surface area contributed by atoms with E-state index in [1.54, 1.807) is 6.92 Å². The van der Waals surface area contributed by atoms with Gasteiger partial charge in [0.15, 0.2) is 0 Å². The summed E-state index contributed by atoms with van der Waals surface area (Å²) in [5.41, 5.74) is -0.975. The van der Waals surface area contributed by atoms with Crippen LogP contribution in [0.4, 0.5) is 8.78 Å². The highest BCUT2D eigenvalue weighted by Gasteiger charge is 2.31. The molecule has 0 amide bonds. The van der Waals surface area contributed by atoms with Crippen molar-refractivity contribution in [2.24, 2.45) is 0 Å². The van der Waals surface area contributed by atoms with E-state index in [1.165, 1.54) is 11.8 Å². The summed E-state index contributed by atoms with van der Waals surface area (Å²) in [4.78, 5) is 11.6. The third-order valence-corrected chi connectivity index (χ3v) is 4.33. The molecule has 0 aliphatic carbocycles. The minimum absolute atomic E-state index is 0.258. The summed E-state index contributed by atoms with van der Waals surface area (Å²) in [6, 6.07) is 3.34. The summed E-state index contributed by atoms with van der Waals surface area (Å²) in [6.45, 7) is 4.25. The van der Waals surface area contributed by atoms with Gasteiger partial charge in [-0.05, 0) is 56.7 Å².